The first-order chi connectivity index (χ1) is 9.61. The monoisotopic (exact) mass is 277 g/mol. The Labute approximate surface area is 118 Å². The summed E-state index contributed by atoms with van der Waals surface area (Å²) in [4.78, 5) is 25.1. The van der Waals surface area contributed by atoms with Crippen LogP contribution in [0.1, 0.15) is 40.5 Å². The normalized spacial score (nSPS) is 18.9. The van der Waals surface area contributed by atoms with Crippen LogP contribution in [0.5, 0.6) is 0 Å². The first-order valence-electron chi connectivity index (χ1n) is 6.86. The van der Waals surface area contributed by atoms with E-state index in [1.54, 1.807) is 17.0 Å². The van der Waals surface area contributed by atoms with Gasteiger partial charge in [0, 0.05) is 25.3 Å². The van der Waals surface area contributed by atoms with Crippen molar-refractivity contribution in [1.29, 1.82) is 0 Å². The molecule has 0 bridgehead atoms. The molecule has 0 saturated carbocycles. The van der Waals surface area contributed by atoms with Gasteiger partial charge in [-0.05, 0) is 38.0 Å². The number of hydrogen-bond acceptors (Lipinski definition) is 3. The maximum atomic E-state index is 12.4. The molecule has 0 aliphatic carbocycles. The Bertz CT molecular complexity index is 498. The summed E-state index contributed by atoms with van der Waals surface area (Å²) in [7, 11) is 0. The number of aromatic carboxylic acids is 1. The van der Waals surface area contributed by atoms with Crippen molar-refractivity contribution in [3.63, 3.8) is 0 Å². The van der Waals surface area contributed by atoms with E-state index in [-0.39, 0.29) is 17.6 Å². The number of carboxylic acid groups (broad SMARTS) is 1. The Morgan fingerprint density at radius 2 is 2.15 bits per heavy atom. The van der Waals surface area contributed by atoms with E-state index in [0.717, 1.165) is 12.8 Å². The first kappa shape index (κ1) is 14.5. The molecule has 0 radical (unpaired) electrons. The van der Waals surface area contributed by atoms with E-state index >= 15 is 0 Å². The van der Waals surface area contributed by atoms with Crippen LogP contribution in [0.25, 0.3) is 0 Å². The number of piperidine rings is 1. The standard InChI is InChI=1S/C15H19NO4/c1-2-20-13-7-4-8-16(10-13)14(17)11-5-3-6-12(9-11)15(18)19/h3,5-6,9,13H,2,4,7-8,10H2,1H3,(H,18,19)/t13-/m0/s1. The maximum absolute atomic E-state index is 12.4. The molecule has 1 saturated heterocycles. The van der Waals surface area contributed by atoms with Gasteiger partial charge in [0.15, 0.2) is 0 Å². The number of likely N-dealkylation sites (tertiary alicyclic amines) is 1. The molecule has 1 aliphatic heterocycles. The van der Waals surface area contributed by atoms with Gasteiger partial charge < -0.3 is 14.7 Å². The lowest BCUT2D eigenvalue weighted by Crippen LogP contribution is -2.43. The number of carbonyl (C=O) groups excluding carboxylic acids is 1. The smallest absolute Gasteiger partial charge is 0.335 e. The summed E-state index contributed by atoms with van der Waals surface area (Å²) in [5, 5.41) is 8.97. The molecule has 5 heteroatoms. The fourth-order valence-corrected chi connectivity index (χ4v) is 2.46. The minimum Gasteiger partial charge on any atom is -0.478 e. The number of ether oxygens (including phenoxy) is 1. The van der Waals surface area contributed by atoms with Crippen LogP contribution in [0, 0.1) is 0 Å². The second-order valence-electron chi connectivity index (χ2n) is 4.86. The molecular formula is C15H19NO4. The molecule has 1 heterocycles. The summed E-state index contributed by atoms with van der Waals surface area (Å²) < 4.78 is 5.57. The number of hydrogen-bond donors (Lipinski definition) is 1. The third-order valence-electron chi connectivity index (χ3n) is 3.42. The second kappa shape index (κ2) is 6.52. The summed E-state index contributed by atoms with van der Waals surface area (Å²) in [6, 6.07) is 6.16. The lowest BCUT2D eigenvalue weighted by Gasteiger charge is -2.32. The number of carbonyl (C=O) groups is 2. The zero-order valence-electron chi connectivity index (χ0n) is 11.5. The topological polar surface area (TPSA) is 66.8 Å². The number of amides is 1. The summed E-state index contributed by atoms with van der Waals surface area (Å²) in [6.07, 6.45) is 1.96. The molecule has 0 aromatic heterocycles. The molecule has 1 aromatic rings. The highest BCUT2D eigenvalue weighted by molar-refractivity contribution is 5.97. The van der Waals surface area contributed by atoms with Gasteiger partial charge in [0.25, 0.3) is 5.91 Å². The zero-order valence-corrected chi connectivity index (χ0v) is 11.5. The Balaban J connectivity index is 2.10. The Kier molecular flexibility index (Phi) is 4.74. The van der Waals surface area contributed by atoms with E-state index in [4.69, 9.17) is 9.84 Å². The molecule has 20 heavy (non-hydrogen) atoms. The highest BCUT2D eigenvalue weighted by Gasteiger charge is 2.25. The van der Waals surface area contributed by atoms with Crippen LogP contribution in [-0.4, -0.2) is 47.7 Å². The van der Waals surface area contributed by atoms with Gasteiger partial charge >= 0.3 is 5.97 Å². The van der Waals surface area contributed by atoms with Crippen LogP contribution in [0.4, 0.5) is 0 Å². The molecule has 1 fully saturated rings. The Hall–Kier alpha value is -1.88. The van der Waals surface area contributed by atoms with E-state index in [9.17, 15) is 9.59 Å². The third kappa shape index (κ3) is 3.36. The molecule has 1 aliphatic rings. The average molecular weight is 277 g/mol. The van der Waals surface area contributed by atoms with Gasteiger partial charge in [-0.1, -0.05) is 6.07 Å². The number of benzene rings is 1. The van der Waals surface area contributed by atoms with Crippen LogP contribution >= 0.6 is 0 Å². The Morgan fingerprint density at radius 1 is 1.40 bits per heavy atom. The van der Waals surface area contributed by atoms with Gasteiger partial charge in [-0.3, -0.25) is 4.79 Å². The minimum absolute atomic E-state index is 0.0837. The van der Waals surface area contributed by atoms with Crippen molar-refractivity contribution >= 4 is 11.9 Å². The van der Waals surface area contributed by atoms with Crippen LogP contribution in [0.2, 0.25) is 0 Å². The molecule has 1 atom stereocenters. The van der Waals surface area contributed by atoms with E-state index < -0.39 is 5.97 Å². The summed E-state index contributed by atoms with van der Waals surface area (Å²) >= 11 is 0. The van der Waals surface area contributed by atoms with Crippen molar-refractivity contribution in [2.45, 2.75) is 25.9 Å². The van der Waals surface area contributed by atoms with Gasteiger partial charge in [0.2, 0.25) is 0 Å². The fourth-order valence-electron chi connectivity index (χ4n) is 2.46. The summed E-state index contributed by atoms with van der Waals surface area (Å²) in [5.41, 5.74) is 0.552. The molecule has 108 valence electrons. The molecule has 1 aromatic carbocycles. The largest absolute Gasteiger partial charge is 0.478 e. The predicted molar refractivity (Wildman–Crippen MR) is 74.0 cm³/mol. The van der Waals surface area contributed by atoms with Crippen molar-refractivity contribution < 1.29 is 19.4 Å². The third-order valence-corrected chi connectivity index (χ3v) is 3.42. The van der Waals surface area contributed by atoms with Crippen molar-refractivity contribution in [3.8, 4) is 0 Å². The number of carboxylic acids is 1. The van der Waals surface area contributed by atoms with Gasteiger partial charge in [0.05, 0.1) is 11.7 Å². The van der Waals surface area contributed by atoms with Crippen LogP contribution < -0.4 is 0 Å². The Morgan fingerprint density at radius 3 is 2.85 bits per heavy atom. The SMILES string of the molecule is CCO[C@H]1CCCN(C(=O)c2cccc(C(=O)O)c2)C1. The molecule has 5 nitrogen and oxygen atoms in total. The lowest BCUT2D eigenvalue weighted by atomic mass is 10.1. The average Bonchev–Trinajstić information content (AvgIpc) is 2.47. The molecule has 0 unspecified atom stereocenters. The van der Waals surface area contributed by atoms with Gasteiger partial charge in [-0.25, -0.2) is 4.79 Å². The second-order valence-corrected chi connectivity index (χ2v) is 4.86. The summed E-state index contributed by atoms with van der Waals surface area (Å²) in [5.74, 6) is -1.15. The maximum Gasteiger partial charge on any atom is 0.335 e. The fraction of sp³-hybridized carbons (Fsp3) is 0.467. The van der Waals surface area contributed by atoms with E-state index in [2.05, 4.69) is 0 Å². The van der Waals surface area contributed by atoms with Crippen LogP contribution in [0.3, 0.4) is 0 Å². The van der Waals surface area contributed by atoms with E-state index in [1.165, 1.54) is 12.1 Å². The molecule has 1 amide bonds. The molecule has 0 spiro atoms. The van der Waals surface area contributed by atoms with Gasteiger partial charge in [-0.15, -0.1) is 0 Å². The van der Waals surface area contributed by atoms with Crippen LogP contribution in [-0.2, 0) is 4.74 Å². The van der Waals surface area contributed by atoms with Crippen molar-refractivity contribution in [2.24, 2.45) is 0 Å². The van der Waals surface area contributed by atoms with E-state index in [1.807, 2.05) is 6.92 Å². The number of nitrogens with zero attached hydrogens (tertiary/aromatic N) is 1. The first-order valence-corrected chi connectivity index (χ1v) is 6.86. The zero-order chi connectivity index (χ0) is 14.5. The van der Waals surface area contributed by atoms with Crippen LogP contribution in [0.15, 0.2) is 24.3 Å². The highest BCUT2D eigenvalue weighted by Crippen LogP contribution is 2.17. The minimum atomic E-state index is -1.02. The van der Waals surface area contributed by atoms with Gasteiger partial charge in [-0.2, -0.15) is 0 Å². The summed E-state index contributed by atoms with van der Waals surface area (Å²) in [6.45, 7) is 3.85. The van der Waals surface area contributed by atoms with E-state index in [0.29, 0.717) is 25.3 Å². The predicted octanol–water partition coefficient (Wildman–Crippen LogP) is 2.03. The molecule has 1 N–H and O–H groups in total. The van der Waals surface area contributed by atoms with Crippen molar-refractivity contribution in [1.82, 2.24) is 4.90 Å². The lowest BCUT2D eigenvalue weighted by molar-refractivity contribution is 0.00724. The molecular weight excluding hydrogens is 258 g/mol. The number of rotatable bonds is 4. The highest BCUT2D eigenvalue weighted by atomic mass is 16.5. The quantitative estimate of drug-likeness (QED) is 0.914. The molecule has 2 rings (SSSR count). The van der Waals surface area contributed by atoms with Gasteiger partial charge in [0.1, 0.15) is 0 Å². The van der Waals surface area contributed by atoms with Crippen molar-refractivity contribution in [3.05, 3.63) is 35.4 Å². The van der Waals surface area contributed by atoms with Crippen molar-refractivity contribution in [2.75, 3.05) is 19.7 Å².